The molecule has 0 amide bonds. The molecule has 0 aromatic heterocycles. The van der Waals surface area contributed by atoms with Crippen LogP contribution >= 0.6 is 12.2 Å². The van der Waals surface area contributed by atoms with Crippen LogP contribution in [-0.2, 0) is 9.84 Å². The van der Waals surface area contributed by atoms with Crippen LogP contribution in [-0.4, -0.2) is 38.8 Å². The summed E-state index contributed by atoms with van der Waals surface area (Å²) in [5.41, 5.74) is 1.85. The summed E-state index contributed by atoms with van der Waals surface area (Å²) in [6.45, 7) is 2.01. The first-order valence-electron chi connectivity index (χ1n) is 7.70. The third-order valence-corrected chi connectivity index (χ3v) is 5.55. The van der Waals surface area contributed by atoms with E-state index >= 15 is 0 Å². The maximum Gasteiger partial charge on any atom is 0.175 e. The van der Waals surface area contributed by atoms with Crippen LogP contribution in [0.15, 0.2) is 53.4 Å². The highest BCUT2D eigenvalue weighted by atomic mass is 32.2. The fourth-order valence-electron chi connectivity index (χ4n) is 2.28. The van der Waals surface area contributed by atoms with E-state index in [1.54, 1.807) is 19.2 Å². The molecule has 5 nitrogen and oxygen atoms in total. The fraction of sp³-hybridized carbons (Fsp3) is 0.278. The van der Waals surface area contributed by atoms with Gasteiger partial charge in [-0.05, 0) is 61.1 Å². The van der Waals surface area contributed by atoms with E-state index in [9.17, 15) is 8.42 Å². The zero-order valence-corrected chi connectivity index (χ0v) is 16.3. The normalized spacial score (nSPS) is 12.3. The molecule has 1 N–H and O–H groups in total. The van der Waals surface area contributed by atoms with Gasteiger partial charge in [-0.2, -0.15) is 0 Å². The van der Waals surface area contributed by atoms with Crippen LogP contribution in [0, 0.1) is 0 Å². The number of methoxy groups -OCH3 is 1. The highest BCUT2D eigenvalue weighted by Crippen LogP contribution is 2.22. The van der Waals surface area contributed by atoms with Crippen molar-refractivity contribution in [3.8, 4) is 5.75 Å². The molecule has 0 fully saturated rings. The number of rotatable bonds is 5. The largest absolute Gasteiger partial charge is 0.497 e. The SMILES string of the molecule is COc1ccc(NC(=S)N(C)C(C)c2ccc(S(C)(=O)=O)cc2)cc1. The lowest BCUT2D eigenvalue weighted by atomic mass is 10.1. The number of anilines is 1. The second-order valence-electron chi connectivity index (χ2n) is 5.79. The molecule has 0 saturated heterocycles. The van der Waals surface area contributed by atoms with Crippen LogP contribution in [0.5, 0.6) is 5.75 Å². The van der Waals surface area contributed by atoms with Crippen LogP contribution in [0.4, 0.5) is 5.69 Å². The zero-order valence-electron chi connectivity index (χ0n) is 14.7. The highest BCUT2D eigenvalue weighted by Gasteiger charge is 2.16. The predicted octanol–water partition coefficient (Wildman–Crippen LogP) is 3.49. The first-order chi connectivity index (χ1) is 11.7. The summed E-state index contributed by atoms with van der Waals surface area (Å²) in [5, 5.41) is 3.76. The molecular formula is C18H22N2O3S2. The monoisotopic (exact) mass is 378 g/mol. The summed E-state index contributed by atoms with van der Waals surface area (Å²) < 4.78 is 28.2. The van der Waals surface area contributed by atoms with Crippen LogP contribution < -0.4 is 10.1 Å². The molecule has 0 radical (unpaired) electrons. The van der Waals surface area contributed by atoms with E-state index in [-0.39, 0.29) is 6.04 Å². The lowest BCUT2D eigenvalue weighted by Gasteiger charge is -2.28. The molecule has 134 valence electrons. The van der Waals surface area contributed by atoms with Gasteiger partial charge in [0.1, 0.15) is 5.75 Å². The molecule has 2 aromatic carbocycles. The van der Waals surface area contributed by atoms with Crippen molar-refractivity contribution < 1.29 is 13.2 Å². The third kappa shape index (κ3) is 4.93. The summed E-state index contributed by atoms with van der Waals surface area (Å²) in [6.07, 6.45) is 1.20. The van der Waals surface area contributed by atoms with E-state index in [1.807, 2.05) is 55.3 Å². The number of thiocarbonyl (C=S) groups is 1. The van der Waals surface area contributed by atoms with E-state index in [4.69, 9.17) is 17.0 Å². The Kier molecular flexibility index (Phi) is 6.02. The number of benzene rings is 2. The Bertz CT molecular complexity index is 832. The average molecular weight is 379 g/mol. The van der Waals surface area contributed by atoms with Crippen molar-refractivity contribution in [1.29, 1.82) is 0 Å². The number of hydrogen-bond donors (Lipinski definition) is 1. The average Bonchev–Trinajstić information content (AvgIpc) is 2.60. The number of ether oxygens (including phenoxy) is 1. The lowest BCUT2D eigenvalue weighted by Crippen LogP contribution is -2.33. The van der Waals surface area contributed by atoms with E-state index in [0.717, 1.165) is 17.0 Å². The van der Waals surface area contributed by atoms with Gasteiger partial charge in [-0.15, -0.1) is 0 Å². The van der Waals surface area contributed by atoms with Crippen LogP contribution in [0.2, 0.25) is 0 Å². The molecule has 0 heterocycles. The van der Waals surface area contributed by atoms with Gasteiger partial charge in [0, 0.05) is 19.0 Å². The molecule has 0 bridgehead atoms. The van der Waals surface area contributed by atoms with Gasteiger partial charge in [0.25, 0.3) is 0 Å². The minimum atomic E-state index is -3.19. The van der Waals surface area contributed by atoms with E-state index in [0.29, 0.717) is 10.0 Å². The summed E-state index contributed by atoms with van der Waals surface area (Å²) in [7, 11) is 0.329. The Balaban J connectivity index is 2.07. The number of nitrogens with zero attached hydrogens (tertiary/aromatic N) is 1. The molecule has 1 unspecified atom stereocenters. The first-order valence-corrected chi connectivity index (χ1v) is 10.00. The minimum Gasteiger partial charge on any atom is -0.497 e. The standard InChI is InChI=1S/C18H22N2O3S2/c1-13(14-5-11-17(12-6-14)25(4,21)22)20(2)18(24)19-15-7-9-16(23-3)10-8-15/h5-13H,1-4H3,(H,19,24). The summed E-state index contributed by atoms with van der Waals surface area (Å²) in [6, 6.07) is 14.4. The second-order valence-corrected chi connectivity index (χ2v) is 8.19. The zero-order chi connectivity index (χ0) is 18.6. The molecule has 0 spiro atoms. The van der Waals surface area contributed by atoms with Gasteiger partial charge in [-0.3, -0.25) is 0 Å². The molecule has 2 aromatic rings. The van der Waals surface area contributed by atoms with Gasteiger partial charge in [0.05, 0.1) is 18.0 Å². The molecule has 0 aliphatic heterocycles. The van der Waals surface area contributed by atoms with E-state index in [1.165, 1.54) is 6.26 Å². The van der Waals surface area contributed by atoms with Gasteiger partial charge in [0.2, 0.25) is 0 Å². The van der Waals surface area contributed by atoms with Crippen molar-refractivity contribution in [1.82, 2.24) is 4.90 Å². The van der Waals surface area contributed by atoms with E-state index in [2.05, 4.69) is 5.32 Å². The molecule has 1 atom stereocenters. The van der Waals surface area contributed by atoms with Crippen LogP contribution in [0.3, 0.4) is 0 Å². The Morgan fingerprint density at radius 2 is 1.68 bits per heavy atom. The van der Waals surface area contributed by atoms with Gasteiger partial charge in [-0.25, -0.2) is 8.42 Å². The van der Waals surface area contributed by atoms with Gasteiger partial charge >= 0.3 is 0 Å². The number of sulfone groups is 1. The van der Waals surface area contributed by atoms with Crippen molar-refractivity contribution in [2.45, 2.75) is 17.9 Å². The first kappa shape index (κ1) is 19.2. The van der Waals surface area contributed by atoms with Gasteiger partial charge in [-0.1, -0.05) is 12.1 Å². The third-order valence-electron chi connectivity index (χ3n) is 4.03. The van der Waals surface area contributed by atoms with Gasteiger partial charge in [0.15, 0.2) is 14.9 Å². The molecule has 0 aliphatic rings. The smallest absolute Gasteiger partial charge is 0.175 e. The molecule has 0 aliphatic carbocycles. The van der Waals surface area contributed by atoms with Crippen LogP contribution in [0.1, 0.15) is 18.5 Å². The Morgan fingerprint density at radius 3 is 2.16 bits per heavy atom. The highest BCUT2D eigenvalue weighted by molar-refractivity contribution is 7.90. The fourth-order valence-corrected chi connectivity index (χ4v) is 3.19. The Hall–Kier alpha value is -2.12. The van der Waals surface area contributed by atoms with Crippen molar-refractivity contribution in [3.05, 3.63) is 54.1 Å². The van der Waals surface area contributed by atoms with Crippen molar-refractivity contribution in [2.24, 2.45) is 0 Å². The quantitative estimate of drug-likeness (QED) is 0.804. The molecule has 7 heteroatoms. The molecular weight excluding hydrogens is 356 g/mol. The Morgan fingerprint density at radius 1 is 1.12 bits per heavy atom. The summed E-state index contributed by atoms with van der Waals surface area (Å²) in [5.74, 6) is 0.782. The maximum absolute atomic E-state index is 11.6. The van der Waals surface area contributed by atoms with Crippen molar-refractivity contribution in [2.75, 3.05) is 25.7 Å². The lowest BCUT2D eigenvalue weighted by molar-refractivity contribution is 0.408. The summed E-state index contributed by atoms with van der Waals surface area (Å²) in [4.78, 5) is 2.24. The van der Waals surface area contributed by atoms with Crippen molar-refractivity contribution in [3.63, 3.8) is 0 Å². The minimum absolute atomic E-state index is 0.00754. The predicted molar refractivity (Wildman–Crippen MR) is 105 cm³/mol. The number of nitrogens with one attached hydrogen (secondary N) is 1. The molecule has 25 heavy (non-hydrogen) atoms. The molecule has 0 saturated carbocycles. The van der Waals surface area contributed by atoms with Gasteiger partial charge < -0.3 is 15.0 Å². The second kappa shape index (κ2) is 7.84. The Labute approximate surface area is 154 Å². The maximum atomic E-state index is 11.6. The topological polar surface area (TPSA) is 58.6 Å². The molecule has 2 rings (SSSR count). The van der Waals surface area contributed by atoms with E-state index < -0.39 is 9.84 Å². The summed E-state index contributed by atoms with van der Waals surface area (Å²) >= 11 is 5.47. The van der Waals surface area contributed by atoms with Crippen molar-refractivity contribution >= 4 is 32.9 Å². The van der Waals surface area contributed by atoms with Crippen LogP contribution in [0.25, 0.3) is 0 Å². The number of hydrogen-bond acceptors (Lipinski definition) is 4.